The molecule has 0 heterocycles. The smallest absolute Gasteiger partial charge is 0.309 e. The summed E-state index contributed by atoms with van der Waals surface area (Å²) in [6.07, 6.45) is 4.96. The average molecular weight is 248 g/mol. The van der Waals surface area contributed by atoms with E-state index in [9.17, 15) is 4.79 Å². The zero-order valence-electron chi connectivity index (χ0n) is 11.2. The van der Waals surface area contributed by atoms with E-state index < -0.39 is 0 Å². The molecule has 98 valence electrons. The van der Waals surface area contributed by atoms with Gasteiger partial charge in [0.2, 0.25) is 0 Å². The van der Waals surface area contributed by atoms with Crippen LogP contribution in [0.15, 0.2) is 24.3 Å². The number of methoxy groups -OCH3 is 1. The van der Waals surface area contributed by atoms with Crippen molar-refractivity contribution in [3.63, 3.8) is 0 Å². The molecule has 0 aromatic heterocycles. The van der Waals surface area contributed by atoms with Crippen LogP contribution >= 0.6 is 0 Å². The number of hydrogen-bond acceptors (Lipinski definition) is 3. The number of hydrogen-bond donors (Lipinski definition) is 0. The van der Waals surface area contributed by atoms with Gasteiger partial charge in [-0.2, -0.15) is 0 Å². The van der Waals surface area contributed by atoms with Crippen molar-refractivity contribution in [2.75, 3.05) is 13.7 Å². The van der Waals surface area contributed by atoms with Crippen molar-refractivity contribution in [1.29, 1.82) is 0 Å². The predicted molar refractivity (Wildman–Crippen MR) is 72.7 cm³/mol. The third kappa shape index (κ3) is 3.91. The Labute approximate surface area is 108 Å². The molecule has 18 heavy (non-hydrogen) atoms. The lowest BCUT2D eigenvalue weighted by Gasteiger charge is -2.09. The van der Waals surface area contributed by atoms with Crippen LogP contribution < -0.4 is 4.74 Å². The van der Waals surface area contributed by atoms with Gasteiger partial charge in [0.25, 0.3) is 0 Å². The van der Waals surface area contributed by atoms with E-state index in [-0.39, 0.29) is 5.97 Å². The highest BCUT2D eigenvalue weighted by molar-refractivity contribution is 5.73. The van der Waals surface area contributed by atoms with Gasteiger partial charge in [-0.05, 0) is 25.0 Å². The number of carbonyl (C=O) groups is 1. The summed E-state index contributed by atoms with van der Waals surface area (Å²) in [6.45, 7) is 4.31. The second kappa shape index (κ2) is 7.54. The maximum atomic E-state index is 11.2. The summed E-state index contributed by atoms with van der Waals surface area (Å²) in [4.78, 5) is 11.2. The molecule has 0 aliphatic heterocycles. The lowest BCUT2D eigenvalue weighted by atomic mass is 10.0. The molecule has 0 saturated heterocycles. The third-order valence-corrected chi connectivity index (χ3v) is 2.63. The number of benzene rings is 1. The van der Waals surface area contributed by atoms with E-state index >= 15 is 0 Å². The highest BCUT2D eigenvalue weighted by Crippen LogP contribution is 2.23. The minimum atomic E-state index is -0.199. The first-order chi connectivity index (χ1) is 8.72. The molecule has 0 atom stereocenters. The molecule has 0 amide bonds. The van der Waals surface area contributed by atoms with E-state index in [1.54, 1.807) is 14.0 Å². The molecule has 0 radical (unpaired) electrons. The van der Waals surface area contributed by atoms with Gasteiger partial charge in [-0.25, -0.2) is 0 Å². The van der Waals surface area contributed by atoms with Gasteiger partial charge in [-0.3, -0.25) is 4.79 Å². The number of rotatable bonds is 6. The second-order valence-corrected chi connectivity index (χ2v) is 3.79. The normalized spacial score (nSPS) is 10.6. The molecule has 1 aromatic carbocycles. The molecular formula is C15H20O3. The summed E-state index contributed by atoms with van der Waals surface area (Å²) in [5.41, 5.74) is 2.24. The Morgan fingerprint density at radius 3 is 2.72 bits per heavy atom. The van der Waals surface area contributed by atoms with E-state index in [0.29, 0.717) is 13.0 Å². The molecule has 0 bridgehead atoms. The van der Waals surface area contributed by atoms with Crippen molar-refractivity contribution in [2.45, 2.75) is 26.7 Å². The fraction of sp³-hybridized carbons (Fsp3) is 0.400. The molecule has 0 fully saturated rings. The highest BCUT2D eigenvalue weighted by atomic mass is 16.5. The minimum absolute atomic E-state index is 0.199. The van der Waals surface area contributed by atoms with Gasteiger partial charge in [-0.15, -0.1) is 0 Å². The summed E-state index contributed by atoms with van der Waals surface area (Å²) in [5, 5.41) is 0. The lowest BCUT2D eigenvalue weighted by molar-refractivity contribution is -0.142. The van der Waals surface area contributed by atoms with Crippen molar-refractivity contribution >= 4 is 12.0 Å². The maximum Gasteiger partial charge on any atom is 0.309 e. The molecule has 3 nitrogen and oxygen atoms in total. The van der Waals surface area contributed by atoms with Crippen LogP contribution in [0.25, 0.3) is 6.08 Å². The minimum Gasteiger partial charge on any atom is -0.496 e. The van der Waals surface area contributed by atoms with Gasteiger partial charge in [-0.1, -0.05) is 31.2 Å². The van der Waals surface area contributed by atoms with Crippen molar-refractivity contribution in [2.24, 2.45) is 0 Å². The van der Waals surface area contributed by atoms with E-state index in [0.717, 1.165) is 23.3 Å². The van der Waals surface area contributed by atoms with Crippen molar-refractivity contribution in [1.82, 2.24) is 0 Å². The molecule has 1 aromatic rings. The van der Waals surface area contributed by atoms with Crippen LogP contribution in [0.5, 0.6) is 5.75 Å². The Hall–Kier alpha value is -1.77. The molecule has 0 aliphatic carbocycles. The standard InChI is InChI=1S/C15H20O3/c1-4-13-12(8-6-10-14(13)17-3)9-7-11-15(16)18-5-2/h6-10H,4-5,11H2,1-3H3/b9-7-. The molecule has 0 N–H and O–H groups in total. The van der Waals surface area contributed by atoms with Gasteiger partial charge in [0.15, 0.2) is 0 Å². The van der Waals surface area contributed by atoms with E-state index in [1.807, 2.05) is 30.4 Å². The van der Waals surface area contributed by atoms with Crippen LogP contribution in [0.3, 0.4) is 0 Å². The molecule has 0 unspecified atom stereocenters. The second-order valence-electron chi connectivity index (χ2n) is 3.79. The Balaban J connectivity index is 2.77. The molecule has 0 aliphatic rings. The van der Waals surface area contributed by atoms with E-state index in [4.69, 9.17) is 9.47 Å². The van der Waals surface area contributed by atoms with Gasteiger partial charge in [0.05, 0.1) is 20.1 Å². The van der Waals surface area contributed by atoms with Crippen LogP contribution in [0.4, 0.5) is 0 Å². The summed E-state index contributed by atoms with van der Waals surface area (Å²) in [5.74, 6) is 0.686. The maximum absolute atomic E-state index is 11.2. The average Bonchev–Trinajstić information content (AvgIpc) is 2.38. The Bertz CT molecular complexity index is 422. The SMILES string of the molecule is CCOC(=O)C/C=C\c1cccc(OC)c1CC. The monoisotopic (exact) mass is 248 g/mol. The van der Waals surface area contributed by atoms with Gasteiger partial charge in [0.1, 0.15) is 5.75 Å². The Kier molecular flexibility index (Phi) is 5.98. The zero-order chi connectivity index (χ0) is 13.4. The largest absolute Gasteiger partial charge is 0.496 e. The third-order valence-electron chi connectivity index (χ3n) is 2.63. The van der Waals surface area contributed by atoms with Crippen LogP contribution in [0.1, 0.15) is 31.4 Å². The van der Waals surface area contributed by atoms with E-state index in [2.05, 4.69) is 6.92 Å². The summed E-state index contributed by atoms with van der Waals surface area (Å²) in [7, 11) is 1.67. The van der Waals surface area contributed by atoms with Crippen LogP contribution in [-0.2, 0) is 16.0 Å². The molecular weight excluding hydrogens is 228 g/mol. The molecule has 3 heteroatoms. The Morgan fingerprint density at radius 1 is 1.33 bits per heavy atom. The summed E-state index contributed by atoms with van der Waals surface area (Å²) < 4.78 is 10.2. The fourth-order valence-electron chi connectivity index (χ4n) is 1.81. The van der Waals surface area contributed by atoms with Crippen molar-refractivity contribution < 1.29 is 14.3 Å². The topological polar surface area (TPSA) is 35.5 Å². The molecule has 1 rings (SSSR count). The zero-order valence-corrected chi connectivity index (χ0v) is 11.2. The van der Waals surface area contributed by atoms with Gasteiger partial charge >= 0.3 is 5.97 Å². The van der Waals surface area contributed by atoms with Crippen LogP contribution in [0.2, 0.25) is 0 Å². The van der Waals surface area contributed by atoms with Crippen LogP contribution in [0, 0.1) is 0 Å². The number of esters is 1. The number of carbonyl (C=O) groups excluding carboxylic acids is 1. The lowest BCUT2D eigenvalue weighted by Crippen LogP contribution is -2.01. The van der Waals surface area contributed by atoms with Gasteiger partial charge < -0.3 is 9.47 Å². The van der Waals surface area contributed by atoms with Crippen molar-refractivity contribution in [3.8, 4) is 5.75 Å². The van der Waals surface area contributed by atoms with Gasteiger partial charge in [0, 0.05) is 5.56 Å². The quantitative estimate of drug-likeness (QED) is 0.725. The number of ether oxygens (including phenoxy) is 2. The molecule has 0 saturated carbocycles. The summed E-state index contributed by atoms with van der Waals surface area (Å²) >= 11 is 0. The van der Waals surface area contributed by atoms with Crippen LogP contribution in [-0.4, -0.2) is 19.7 Å². The Morgan fingerprint density at radius 2 is 2.11 bits per heavy atom. The summed E-state index contributed by atoms with van der Waals surface area (Å²) in [6, 6.07) is 5.91. The highest BCUT2D eigenvalue weighted by Gasteiger charge is 2.04. The first-order valence-corrected chi connectivity index (χ1v) is 6.20. The first kappa shape index (κ1) is 14.3. The van der Waals surface area contributed by atoms with E-state index in [1.165, 1.54) is 0 Å². The fourth-order valence-corrected chi connectivity index (χ4v) is 1.81. The van der Waals surface area contributed by atoms with Crippen molar-refractivity contribution in [3.05, 3.63) is 35.4 Å². The molecule has 0 spiro atoms. The first-order valence-electron chi connectivity index (χ1n) is 6.20. The predicted octanol–water partition coefficient (Wildman–Crippen LogP) is 3.22.